The van der Waals surface area contributed by atoms with Crippen molar-refractivity contribution in [2.45, 2.75) is 0 Å². The number of nitrogens with zero attached hydrogens (tertiary/aromatic N) is 4. The normalized spacial score (nSPS) is 15.7. The highest BCUT2D eigenvalue weighted by molar-refractivity contribution is 5.56. The Morgan fingerprint density at radius 2 is 1.83 bits per heavy atom. The number of benzene rings is 1. The van der Waals surface area contributed by atoms with E-state index in [1.807, 2.05) is 30.3 Å². The maximum absolute atomic E-state index is 4.59. The number of aromatic nitrogens is 3. The lowest BCUT2D eigenvalue weighted by Crippen LogP contribution is -2.44. The van der Waals surface area contributed by atoms with Gasteiger partial charge in [0, 0.05) is 31.7 Å². The maximum atomic E-state index is 4.59. The van der Waals surface area contributed by atoms with Gasteiger partial charge in [-0.05, 0) is 0 Å². The van der Waals surface area contributed by atoms with Crippen LogP contribution in [-0.4, -0.2) is 41.4 Å². The van der Waals surface area contributed by atoms with E-state index in [4.69, 9.17) is 0 Å². The molecule has 5 nitrogen and oxygen atoms in total. The molecule has 1 aliphatic rings. The lowest BCUT2D eigenvalue weighted by Gasteiger charge is -2.27. The molecule has 1 aromatic heterocycles. The molecule has 0 atom stereocenters. The van der Waals surface area contributed by atoms with E-state index in [0.717, 1.165) is 37.6 Å². The largest absolute Gasteiger partial charge is 0.353 e. The number of nitrogens with one attached hydrogen (secondary N) is 1. The molecule has 1 saturated heterocycles. The lowest BCUT2D eigenvalue weighted by atomic mass is 10.2. The zero-order valence-corrected chi connectivity index (χ0v) is 10.1. The van der Waals surface area contributed by atoms with Gasteiger partial charge in [0.25, 0.3) is 0 Å². The van der Waals surface area contributed by atoms with Crippen molar-refractivity contribution in [1.29, 1.82) is 0 Å². The number of hydrogen-bond donors (Lipinski definition) is 1. The molecule has 1 N–H and O–H groups in total. The third-order valence-corrected chi connectivity index (χ3v) is 3.02. The summed E-state index contributed by atoms with van der Waals surface area (Å²) in [4.78, 5) is 6.82. The first-order valence-corrected chi connectivity index (χ1v) is 6.14. The minimum absolute atomic E-state index is 0.687. The molecule has 18 heavy (non-hydrogen) atoms. The van der Waals surface area contributed by atoms with Crippen molar-refractivity contribution in [2.75, 3.05) is 31.1 Å². The Morgan fingerprint density at radius 1 is 1.06 bits per heavy atom. The topological polar surface area (TPSA) is 53.9 Å². The molecule has 2 aromatic rings. The molecule has 0 amide bonds. The minimum atomic E-state index is 0.687. The highest BCUT2D eigenvalue weighted by atomic mass is 15.3. The predicted molar refractivity (Wildman–Crippen MR) is 70.3 cm³/mol. The van der Waals surface area contributed by atoms with Gasteiger partial charge < -0.3 is 10.2 Å². The smallest absolute Gasteiger partial charge is 0.183 e. The standard InChI is InChI=1S/C13H15N5/c1-2-4-11(5-3-1)13-16-12(10-15-17-13)18-8-6-14-7-9-18/h1-5,10,14H,6-9H2. The molecule has 1 aliphatic heterocycles. The summed E-state index contributed by atoms with van der Waals surface area (Å²) < 4.78 is 0. The molecule has 0 saturated carbocycles. The maximum Gasteiger partial charge on any atom is 0.183 e. The first-order valence-electron chi connectivity index (χ1n) is 6.14. The lowest BCUT2D eigenvalue weighted by molar-refractivity contribution is 0.583. The van der Waals surface area contributed by atoms with Gasteiger partial charge in [0.1, 0.15) is 0 Å². The van der Waals surface area contributed by atoms with Crippen molar-refractivity contribution >= 4 is 5.82 Å². The van der Waals surface area contributed by atoms with Gasteiger partial charge in [-0.25, -0.2) is 4.98 Å². The van der Waals surface area contributed by atoms with Crippen molar-refractivity contribution in [3.05, 3.63) is 36.5 Å². The molecular weight excluding hydrogens is 226 g/mol. The molecule has 0 spiro atoms. The number of anilines is 1. The summed E-state index contributed by atoms with van der Waals surface area (Å²) in [7, 11) is 0. The Kier molecular flexibility index (Phi) is 3.14. The Bertz CT molecular complexity index is 508. The van der Waals surface area contributed by atoms with E-state index in [1.54, 1.807) is 6.20 Å². The second kappa shape index (κ2) is 5.10. The van der Waals surface area contributed by atoms with Crippen molar-refractivity contribution in [1.82, 2.24) is 20.5 Å². The molecule has 1 aromatic carbocycles. The fraction of sp³-hybridized carbons (Fsp3) is 0.308. The van der Waals surface area contributed by atoms with Gasteiger partial charge in [-0.3, -0.25) is 0 Å². The molecule has 3 rings (SSSR count). The summed E-state index contributed by atoms with van der Waals surface area (Å²) >= 11 is 0. The molecule has 0 radical (unpaired) electrons. The minimum Gasteiger partial charge on any atom is -0.353 e. The number of rotatable bonds is 2. The van der Waals surface area contributed by atoms with Crippen LogP contribution in [-0.2, 0) is 0 Å². The van der Waals surface area contributed by atoms with Crippen LogP contribution in [0.4, 0.5) is 5.82 Å². The van der Waals surface area contributed by atoms with Gasteiger partial charge in [0.2, 0.25) is 0 Å². The van der Waals surface area contributed by atoms with Crippen molar-refractivity contribution in [2.24, 2.45) is 0 Å². The number of piperazine rings is 1. The van der Waals surface area contributed by atoms with Crippen molar-refractivity contribution < 1.29 is 0 Å². The van der Waals surface area contributed by atoms with Gasteiger partial charge in [0.15, 0.2) is 11.6 Å². The Morgan fingerprint density at radius 3 is 2.61 bits per heavy atom. The van der Waals surface area contributed by atoms with E-state index < -0.39 is 0 Å². The Hall–Kier alpha value is -2.01. The molecule has 92 valence electrons. The molecular formula is C13H15N5. The third-order valence-electron chi connectivity index (χ3n) is 3.02. The van der Waals surface area contributed by atoms with E-state index in [0.29, 0.717) is 5.82 Å². The monoisotopic (exact) mass is 241 g/mol. The quantitative estimate of drug-likeness (QED) is 0.848. The van der Waals surface area contributed by atoms with E-state index in [9.17, 15) is 0 Å². The summed E-state index contributed by atoms with van der Waals surface area (Å²) in [5.74, 6) is 1.59. The Balaban J connectivity index is 1.89. The summed E-state index contributed by atoms with van der Waals surface area (Å²) in [6, 6.07) is 9.94. The van der Waals surface area contributed by atoms with Crippen LogP contribution in [0.5, 0.6) is 0 Å². The fourth-order valence-corrected chi connectivity index (χ4v) is 2.05. The van der Waals surface area contributed by atoms with Crippen LogP contribution in [0.25, 0.3) is 11.4 Å². The first kappa shape index (κ1) is 11.1. The van der Waals surface area contributed by atoms with E-state index >= 15 is 0 Å². The highest BCUT2D eigenvalue weighted by Gasteiger charge is 2.13. The molecule has 0 aliphatic carbocycles. The average molecular weight is 241 g/mol. The second-order valence-corrected chi connectivity index (χ2v) is 4.24. The van der Waals surface area contributed by atoms with Crippen LogP contribution in [0.2, 0.25) is 0 Å². The van der Waals surface area contributed by atoms with Crippen LogP contribution in [0.1, 0.15) is 0 Å². The van der Waals surface area contributed by atoms with Crippen LogP contribution in [0, 0.1) is 0 Å². The van der Waals surface area contributed by atoms with E-state index in [-0.39, 0.29) is 0 Å². The Labute approximate surface area is 106 Å². The predicted octanol–water partition coefficient (Wildman–Crippen LogP) is 0.948. The molecule has 5 heteroatoms. The zero-order valence-electron chi connectivity index (χ0n) is 10.1. The number of hydrogen-bond acceptors (Lipinski definition) is 5. The van der Waals surface area contributed by atoms with Crippen molar-refractivity contribution in [3.8, 4) is 11.4 Å². The second-order valence-electron chi connectivity index (χ2n) is 4.24. The average Bonchev–Trinajstić information content (AvgIpc) is 2.49. The van der Waals surface area contributed by atoms with Gasteiger partial charge in [0.05, 0.1) is 6.20 Å². The zero-order chi connectivity index (χ0) is 12.2. The fourth-order valence-electron chi connectivity index (χ4n) is 2.05. The third kappa shape index (κ3) is 2.31. The highest BCUT2D eigenvalue weighted by Crippen LogP contribution is 2.16. The van der Waals surface area contributed by atoms with Crippen molar-refractivity contribution in [3.63, 3.8) is 0 Å². The summed E-state index contributed by atoms with van der Waals surface area (Å²) in [5.41, 5.74) is 1.00. The van der Waals surface area contributed by atoms with Gasteiger partial charge in [-0.15, -0.1) is 5.10 Å². The SMILES string of the molecule is c1ccc(-c2nncc(N3CCNCC3)n2)cc1. The molecule has 0 unspecified atom stereocenters. The molecule has 2 heterocycles. The van der Waals surface area contributed by atoms with Crippen LogP contribution in [0.3, 0.4) is 0 Å². The first-order chi connectivity index (χ1) is 8.93. The molecule has 0 bridgehead atoms. The van der Waals surface area contributed by atoms with E-state index in [1.165, 1.54) is 0 Å². The molecule has 1 fully saturated rings. The van der Waals surface area contributed by atoms with Crippen LogP contribution in [0.15, 0.2) is 36.5 Å². The summed E-state index contributed by atoms with van der Waals surface area (Å²) in [6.07, 6.45) is 1.73. The van der Waals surface area contributed by atoms with E-state index in [2.05, 4.69) is 25.4 Å². The summed E-state index contributed by atoms with van der Waals surface area (Å²) in [5, 5.41) is 11.5. The van der Waals surface area contributed by atoms with Gasteiger partial charge in [-0.1, -0.05) is 30.3 Å². The van der Waals surface area contributed by atoms with Crippen LogP contribution < -0.4 is 10.2 Å². The summed E-state index contributed by atoms with van der Waals surface area (Å²) in [6.45, 7) is 3.91. The van der Waals surface area contributed by atoms with Gasteiger partial charge in [-0.2, -0.15) is 5.10 Å². The van der Waals surface area contributed by atoms with Crippen LogP contribution >= 0.6 is 0 Å². The van der Waals surface area contributed by atoms with Gasteiger partial charge >= 0.3 is 0 Å².